The smallest absolute Gasteiger partial charge is 0.126 e. The summed E-state index contributed by atoms with van der Waals surface area (Å²) in [6, 6.07) is 30.9. The lowest BCUT2D eigenvalue weighted by Gasteiger charge is -2.19. The molecule has 0 atom stereocenters. The number of thiophene rings is 1. The molecule has 1 N–H and O–H groups in total. The number of thiazole rings is 1. The van der Waals surface area contributed by atoms with Crippen LogP contribution in [0, 0.1) is 0 Å². The summed E-state index contributed by atoms with van der Waals surface area (Å²) in [6.45, 7) is 6.49. The Bertz CT molecular complexity index is 1750. The molecule has 0 amide bonds. The minimum Gasteiger partial charge on any atom is -0.507 e. The van der Waals surface area contributed by atoms with Gasteiger partial charge < -0.3 is 5.11 Å². The average molecular weight is 519 g/mol. The Labute approximate surface area is 224 Å². The van der Waals surface area contributed by atoms with Gasteiger partial charge in [-0.05, 0) is 58.8 Å². The number of phenols is 1. The first-order chi connectivity index (χ1) is 17.9. The highest BCUT2D eigenvalue weighted by Gasteiger charge is 2.16. The van der Waals surface area contributed by atoms with E-state index in [4.69, 9.17) is 9.98 Å². The van der Waals surface area contributed by atoms with Crippen molar-refractivity contribution in [1.29, 1.82) is 0 Å². The maximum absolute atomic E-state index is 10.5. The number of para-hydroxylation sites is 2. The second-order valence-corrected chi connectivity index (χ2v) is 12.2. The Morgan fingerprint density at radius 2 is 1.54 bits per heavy atom. The van der Waals surface area contributed by atoms with E-state index in [1.54, 1.807) is 35.0 Å². The lowest BCUT2D eigenvalue weighted by molar-refractivity contribution is 0.473. The number of aromatic hydroxyl groups is 1. The van der Waals surface area contributed by atoms with Crippen LogP contribution >= 0.6 is 22.7 Å². The van der Waals surface area contributed by atoms with Crippen molar-refractivity contribution >= 4 is 54.9 Å². The molecule has 5 heteroatoms. The Morgan fingerprint density at radius 1 is 0.784 bits per heavy atom. The molecule has 3 nitrogen and oxygen atoms in total. The molecule has 0 aliphatic carbocycles. The third kappa shape index (κ3) is 4.57. The second kappa shape index (κ2) is 9.25. The first kappa shape index (κ1) is 23.6. The zero-order chi connectivity index (χ0) is 25.6. The van der Waals surface area contributed by atoms with E-state index in [1.165, 1.54) is 15.0 Å². The minimum absolute atomic E-state index is 0.0126. The molecule has 0 bridgehead atoms. The highest BCUT2D eigenvalue weighted by atomic mass is 32.1. The zero-order valence-electron chi connectivity index (χ0n) is 20.9. The zero-order valence-corrected chi connectivity index (χ0v) is 22.5. The molecule has 0 radical (unpaired) electrons. The molecular weight excluding hydrogens is 492 g/mol. The molecule has 182 valence electrons. The molecular formula is C32H26N2OS2. The van der Waals surface area contributed by atoms with E-state index in [0.717, 1.165) is 37.6 Å². The summed E-state index contributed by atoms with van der Waals surface area (Å²) in [4.78, 5) is 11.1. The third-order valence-corrected chi connectivity index (χ3v) is 8.68. The lowest BCUT2D eigenvalue weighted by Crippen LogP contribution is -2.11. The Morgan fingerprint density at radius 3 is 2.38 bits per heavy atom. The van der Waals surface area contributed by atoms with Crippen molar-refractivity contribution < 1.29 is 5.11 Å². The SMILES string of the molecule is CC(C)(C)c1ccc(O)c(C=Nc2ccccc2-c2nc3c(-c4cc5ccccc5s4)cccc3s2)c1. The van der Waals surface area contributed by atoms with Gasteiger partial charge in [0, 0.05) is 32.5 Å². The van der Waals surface area contributed by atoms with E-state index < -0.39 is 0 Å². The lowest BCUT2D eigenvalue weighted by atomic mass is 9.86. The summed E-state index contributed by atoms with van der Waals surface area (Å²) in [5.41, 5.74) is 5.83. The molecule has 0 saturated heterocycles. The molecule has 6 aromatic rings. The molecule has 0 saturated carbocycles. The van der Waals surface area contributed by atoms with Crippen molar-refractivity contribution in [2.45, 2.75) is 26.2 Å². The van der Waals surface area contributed by atoms with Crippen molar-refractivity contribution in [2.24, 2.45) is 4.99 Å². The summed E-state index contributed by atoms with van der Waals surface area (Å²) in [5.74, 6) is 0.224. The van der Waals surface area contributed by atoms with E-state index in [2.05, 4.69) is 75.4 Å². The molecule has 0 unspecified atom stereocenters. The van der Waals surface area contributed by atoms with Crippen molar-refractivity contribution in [3.05, 3.63) is 102 Å². The van der Waals surface area contributed by atoms with Crippen LogP contribution in [-0.2, 0) is 5.41 Å². The number of aromatic nitrogens is 1. The maximum Gasteiger partial charge on any atom is 0.126 e. The number of phenolic OH excluding ortho intramolecular Hbond substituents is 1. The molecule has 4 aromatic carbocycles. The average Bonchev–Trinajstić information content (AvgIpc) is 3.52. The highest BCUT2D eigenvalue weighted by molar-refractivity contribution is 7.23. The van der Waals surface area contributed by atoms with Crippen LogP contribution in [0.25, 0.3) is 41.3 Å². The van der Waals surface area contributed by atoms with Crippen LogP contribution in [0.3, 0.4) is 0 Å². The summed E-state index contributed by atoms with van der Waals surface area (Å²) in [5, 5.41) is 12.6. The van der Waals surface area contributed by atoms with Crippen molar-refractivity contribution in [2.75, 3.05) is 0 Å². The minimum atomic E-state index is -0.0126. The fourth-order valence-corrected chi connectivity index (χ4v) is 6.52. The number of rotatable bonds is 4. The quantitative estimate of drug-likeness (QED) is 0.236. The van der Waals surface area contributed by atoms with E-state index in [0.29, 0.717) is 5.56 Å². The van der Waals surface area contributed by atoms with Gasteiger partial charge in [-0.25, -0.2) is 4.98 Å². The van der Waals surface area contributed by atoms with E-state index in [-0.39, 0.29) is 11.2 Å². The van der Waals surface area contributed by atoms with Crippen molar-refractivity contribution in [1.82, 2.24) is 4.98 Å². The normalized spacial score (nSPS) is 12.2. The number of hydrogen-bond acceptors (Lipinski definition) is 5. The molecule has 0 fully saturated rings. The highest BCUT2D eigenvalue weighted by Crippen LogP contribution is 2.41. The van der Waals surface area contributed by atoms with Crippen LogP contribution in [0.5, 0.6) is 5.75 Å². The number of nitrogens with zero attached hydrogens (tertiary/aromatic N) is 2. The fraction of sp³-hybridized carbons (Fsp3) is 0.125. The number of aliphatic imine (C=N–C) groups is 1. The molecule has 6 rings (SSSR count). The van der Waals surface area contributed by atoms with Gasteiger partial charge in [-0.15, -0.1) is 22.7 Å². The fourth-order valence-electron chi connectivity index (χ4n) is 4.41. The van der Waals surface area contributed by atoms with E-state index >= 15 is 0 Å². The van der Waals surface area contributed by atoms with E-state index in [9.17, 15) is 5.11 Å². The Hall–Kier alpha value is -3.80. The first-order valence-corrected chi connectivity index (χ1v) is 13.9. The second-order valence-electron chi connectivity index (χ2n) is 10.1. The Balaban J connectivity index is 1.41. The summed E-state index contributed by atoms with van der Waals surface area (Å²) in [7, 11) is 0. The van der Waals surface area contributed by atoms with Gasteiger partial charge in [0.2, 0.25) is 0 Å². The summed E-state index contributed by atoms with van der Waals surface area (Å²) in [6.07, 6.45) is 1.75. The third-order valence-electron chi connectivity index (χ3n) is 6.48. The molecule has 2 heterocycles. The topological polar surface area (TPSA) is 45.5 Å². The molecule has 0 aliphatic heterocycles. The largest absolute Gasteiger partial charge is 0.507 e. The standard InChI is InChI=1S/C32H26N2OS2/c1-32(2,3)22-15-16-26(35)21(17-22)19-33-25-12-6-5-10-23(25)31-34-30-24(11-8-14-28(30)37-31)29-18-20-9-4-7-13-27(20)36-29/h4-19,35H,1-3H3. The van der Waals surface area contributed by atoms with Gasteiger partial charge in [0.05, 0.1) is 15.9 Å². The number of benzene rings is 4. The summed E-state index contributed by atoms with van der Waals surface area (Å²) < 4.78 is 2.43. The van der Waals surface area contributed by atoms with Gasteiger partial charge in [0.15, 0.2) is 0 Å². The maximum atomic E-state index is 10.5. The van der Waals surface area contributed by atoms with Gasteiger partial charge in [-0.2, -0.15) is 0 Å². The summed E-state index contributed by atoms with van der Waals surface area (Å²) >= 11 is 3.48. The Kier molecular flexibility index (Phi) is 5.90. The van der Waals surface area contributed by atoms with Crippen LogP contribution in [-0.4, -0.2) is 16.3 Å². The molecule has 37 heavy (non-hydrogen) atoms. The van der Waals surface area contributed by atoms with Gasteiger partial charge in [0.1, 0.15) is 10.8 Å². The van der Waals surface area contributed by atoms with E-state index in [1.807, 2.05) is 30.3 Å². The van der Waals surface area contributed by atoms with Gasteiger partial charge >= 0.3 is 0 Å². The molecule has 0 aliphatic rings. The van der Waals surface area contributed by atoms with Crippen LogP contribution in [0.1, 0.15) is 31.9 Å². The van der Waals surface area contributed by atoms with Gasteiger partial charge in [-0.1, -0.05) is 69.3 Å². The predicted octanol–water partition coefficient (Wildman–Crippen LogP) is 9.60. The predicted molar refractivity (Wildman–Crippen MR) is 160 cm³/mol. The van der Waals surface area contributed by atoms with Crippen LogP contribution in [0.15, 0.2) is 96.0 Å². The first-order valence-electron chi connectivity index (χ1n) is 12.2. The van der Waals surface area contributed by atoms with Gasteiger partial charge in [-0.3, -0.25) is 4.99 Å². The van der Waals surface area contributed by atoms with Gasteiger partial charge in [0.25, 0.3) is 0 Å². The van der Waals surface area contributed by atoms with Crippen molar-refractivity contribution in [3.8, 4) is 26.8 Å². The molecule has 2 aromatic heterocycles. The van der Waals surface area contributed by atoms with Crippen LogP contribution < -0.4 is 0 Å². The van der Waals surface area contributed by atoms with Crippen molar-refractivity contribution in [3.63, 3.8) is 0 Å². The monoisotopic (exact) mass is 518 g/mol. The van der Waals surface area contributed by atoms with Crippen LogP contribution in [0.2, 0.25) is 0 Å². The number of fused-ring (bicyclic) bond motifs is 2. The molecule has 0 spiro atoms. The number of hydrogen-bond donors (Lipinski definition) is 1. The van der Waals surface area contributed by atoms with Crippen LogP contribution in [0.4, 0.5) is 5.69 Å².